The fraction of sp³-hybridized carbons (Fsp3) is 0.909. The summed E-state index contributed by atoms with van der Waals surface area (Å²) in [5.74, 6) is -0.690. The lowest BCUT2D eigenvalue weighted by Gasteiger charge is -2.40. The van der Waals surface area contributed by atoms with Crippen LogP contribution in [0.4, 0.5) is 0 Å². The summed E-state index contributed by atoms with van der Waals surface area (Å²) in [7, 11) is 0. The largest absolute Gasteiger partial charge is 0.481 e. The van der Waals surface area contributed by atoms with Crippen LogP contribution in [0.5, 0.6) is 0 Å². The number of carboxylic acids is 1. The van der Waals surface area contributed by atoms with Crippen LogP contribution in [-0.4, -0.2) is 47.7 Å². The second-order valence-electron chi connectivity index (χ2n) is 4.29. The Hall–Kier alpha value is -0.610. The number of nitrogens with zero attached hydrogens (tertiary/aromatic N) is 1. The van der Waals surface area contributed by atoms with E-state index >= 15 is 0 Å². The van der Waals surface area contributed by atoms with Gasteiger partial charge in [0.05, 0.1) is 0 Å². The molecule has 1 rings (SSSR count). The fourth-order valence-corrected chi connectivity index (χ4v) is 2.15. The molecule has 1 heterocycles. The number of carboxylic acid groups (broad SMARTS) is 1. The number of hydrogen-bond donors (Lipinski definition) is 2. The molecule has 2 unspecified atom stereocenters. The Morgan fingerprint density at radius 3 is 3.00 bits per heavy atom. The van der Waals surface area contributed by atoms with E-state index in [9.17, 15) is 4.79 Å². The van der Waals surface area contributed by atoms with Gasteiger partial charge in [-0.2, -0.15) is 0 Å². The highest BCUT2D eigenvalue weighted by Gasteiger charge is 2.25. The molecule has 88 valence electrons. The van der Waals surface area contributed by atoms with Crippen molar-refractivity contribution in [3.05, 3.63) is 0 Å². The van der Waals surface area contributed by atoms with Crippen molar-refractivity contribution in [1.82, 2.24) is 10.2 Å². The Morgan fingerprint density at radius 2 is 2.40 bits per heavy atom. The number of piperazine rings is 1. The molecule has 0 aromatic heterocycles. The van der Waals surface area contributed by atoms with Crippen LogP contribution >= 0.6 is 0 Å². The predicted molar refractivity (Wildman–Crippen MR) is 60.0 cm³/mol. The Balaban J connectivity index is 2.45. The fourth-order valence-electron chi connectivity index (χ4n) is 2.15. The topological polar surface area (TPSA) is 52.6 Å². The van der Waals surface area contributed by atoms with Crippen molar-refractivity contribution in [2.45, 2.75) is 45.2 Å². The summed E-state index contributed by atoms with van der Waals surface area (Å²) < 4.78 is 0. The van der Waals surface area contributed by atoms with E-state index in [1.807, 2.05) is 0 Å². The first-order valence-electron chi connectivity index (χ1n) is 5.83. The Labute approximate surface area is 91.6 Å². The van der Waals surface area contributed by atoms with Crippen LogP contribution < -0.4 is 5.32 Å². The van der Waals surface area contributed by atoms with Gasteiger partial charge in [0.1, 0.15) is 0 Å². The van der Waals surface area contributed by atoms with Crippen molar-refractivity contribution >= 4 is 5.97 Å². The van der Waals surface area contributed by atoms with Gasteiger partial charge in [0.2, 0.25) is 0 Å². The first-order chi connectivity index (χ1) is 7.15. The summed E-state index contributed by atoms with van der Waals surface area (Å²) in [6.45, 7) is 7.39. The van der Waals surface area contributed by atoms with E-state index in [4.69, 9.17) is 5.11 Å². The third-order valence-corrected chi connectivity index (χ3v) is 3.24. The number of carbonyl (C=O) groups is 1. The smallest absolute Gasteiger partial charge is 0.303 e. The molecule has 1 fully saturated rings. The molecule has 0 bridgehead atoms. The van der Waals surface area contributed by atoms with Gasteiger partial charge in [-0.1, -0.05) is 6.92 Å². The SMILES string of the molecule is CCC(C)N1CCNCC1CCC(=O)O. The van der Waals surface area contributed by atoms with Gasteiger partial charge in [0, 0.05) is 38.1 Å². The van der Waals surface area contributed by atoms with Gasteiger partial charge in [0.25, 0.3) is 0 Å². The highest BCUT2D eigenvalue weighted by atomic mass is 16.4. The number of aliphatic carboxylic acids is 1. The first kappa shape index (κ1) is 12.5. The predicted octanol–water partition coefficient (Wildman–Crippen LogP) is 0.923. The lowest BCUT2D eigenvalue weighted by atomic mass is 10.0. The van der Waals surface area contributed by atoms with Crippen LogP contribution in [0, 0.1) is 0 Å². The average Bonchev–Trinajstić information content (AvgIpc) is 2.25. The normalized spacial score (nSPS) is 25.1. The average molecular weight is 214 g/mol. The second-order valence-corrected chi connectivity index (χ2v) is 4.29. The zero-order valence-corrected chi connectivity index (χ0v) is 9.70. The van der Waals surface area contributed by atoms with Crippen LogP contribution in [0.1, 0.15) is 33.1 Å². The van der Waals surface area contributed by atoms with Crippen LogP contribution in [0.2, 0.25) is 0 Å². The Morgan fingerprint density at radius 1 is 1.67 bits per heavy atom. The molecule has 0 radical (unpaired) electrons. The summed E-state index contributed by atoms with van der Waals surface area (Å²) in [5.41, 5.74) is 0. The number of rotatable bonds is 5. The Kier molecular flexibility index (Phi) is 5.05. The van der Waals surface area contributed by atoms with E-state index in [0.717, 1.165) is 32.5 Å². The van der Waals surface area contributed by atoms with E-state index in [-0.39, 0.29) is 6.42 Å². The van der Waals surface area contributed by atoms with Crippen molar-refractivity contribution in [2.75, 3.05) is 19.6 Å². The molecule has 0 saturated carbocycles. The van der Waals surface area contributed by atoms with E-state index in [1.165, 1.54) is 0 Å². The van der Waals surface area contributed by atoms with Crippen molar-refractivity contribution in [1.29, 1.82) is 0 Å². The molecule has 2 atom stereocenters. The highest BCUT2D eigenvalue weighted by molar-refractivity contribution is 5.66. The summed E-state index contributed by atoms with van der Waals surface area (Å²) in [6, 6.07) is 0.954. The van der Waals surface area contributed by atoms with E-state index < -0.39 is 5.97 Å². The van der Waals surface area contributed by atoms with E-state index in [1.54, 1.807) is 0 Å². The van der Waals surface area contributed by atoms with Crippen molar-refractivity contribution in [2.24, 2.45) is 0 Å². The highest BCUT2D eigenvalue weighted by Crippen LogP contribution is 2.15. The zero-order valence-electron chi connectivity index (χ0n) is 9.70. The maximum atomic E-state index is 10.5. The van der Waals surface area contributed by atoms with Crippen molar-refractivity contribution in [3.8, 4) is 0 Å². The maximum absolute atomic E-state index is 10.5. The van der Waals surface area contributed by atoms with Crippen LogP contribution in [0.15, 0.2) is 0 Å². The summed E-state index contributed by atoms with van der Waals surface area (Å²) in [6.07, 6.45) is 2.16. The first-order valence-corrected chi connectivity index (χ1v) is 5.83. The maximum Gasteiger partial charge on any atom is 0.303 e. The molecular weight excluding hydrogens is 192 g/mol. The standard InChI is InChI=1S/C11H22N2O2/c1-3-9(2)13-7-6-12-8-10(13)4-5-11(14)15/h9-10,12H,3-8H2,1-2H3,(H,14,15). The minimum Gasteiger partial charge on any atom is -0.481 e. The molecule has 0 aliphatic carbocycles. The van der Waals surface area contributed by atoms with Crippen LogP contribution in [-0.2, 0) is 4.79 Å². The van der Waals surface area contributed by atoms with Gasteiger partial charge in [-0.3, -0.25) is 9.69 Å². The van der Waals surface area contributed by atoms with Crippen LogP contribution in [0.25, 0.3) is 0 Å². The molecule has 0 spiro atoms. The molecule has 1 aliphatic heterocycles. The lowest BCUT2D eigenvalue weighted by Crippen LogP contribution is -2.54. The van der Waals surface area contributed by atoms with E-state index in [2.05, 4.69) is 24.1 Å². The van der Waals surface area contributed by atoms with Gasteiger partial charge in [0.15, 0.2) is 0 Å². The summed E-state index contributed by atoms with van der Waals surface area (Å²) >= 11 is 0. The second kappa shape index (κ2) is 6.08. The van der Waals surface area contributed by atoms with Crippen LogP contribution in [0.3, 0.4) is 0 Å². The minimum atomic E-state index is -0.690. The molecule has 15 heavy (non-hydrogen) atoms. The summed E-state index contributed by atoms with van der Waals surface area (Å²) in [5, 5.41) is 12.0. The van der Waals surface area contributed by atoms with Gasteiger partial charge in [-0.15, -0.1) is 0 Å². The molecule has 0 aromatic rings. The van der Waals surface area contributed by atoms with Gasteiger partial charge >= 0.3 is 5.97 Å². The van der Waals surface area contributed by atoms with Gasteiger partial charge in [-0.25, -0.2) is 0 Å². The number of hydrogen-bond acceptors (Lipinski definition) is 3. The van der Waals surface area contributed by atoms with Gasteiger partial charge in [-0.05, 0) is 19.8 Å². The molecule has 0 amide bonds. The van der Waals surface area contributed by atoms with Crippen molar-refractivity contribution in [3.63, 3.8) is 0 Å². The monoisotopic (exact) mass is 214 g/mol. The molecule has 4 heteroatoms. The quantitative estimate of drug-likeness (QED) is 0.714. The third-order valence-electron chi connectivity index (χ3n) is 3.24. The summed E-state index contributed by atoms with van der Waals surface area (Å²) in [4.78, 5) is 13.0. The minimum absolute atomic E-state index is 0.277. The lowest BCUT2D eigenvalue weighted by molar-refractivity contribution is -0.137. The van der Waals surface area contributed by atoms with E-state index in [0.29, 0.717) is 12.1 Å². The Bertz CT molecular complexity index is 209. The molecule has 1 aliphatic rings. The van der Waals surface area contributed by atoms with Gasteiger partial charge < -0.3 is 10.4 Å². The molecule has 1 saturated heterocycles. The molecule has 2 N–H and O–H groups in total. The molecular formula is C11H22N2O2. The number of nitrogens with one attached hydrogen (secondary N) is 1. The molecule has 0 aromatic carbocycles. The van der Waals surface area contributed by atoms with Crippen molar-refractivity contribution < 1.29 is 9.90 Å². The zero-order chi connectivity index (χ0) is 11.3. The molecule has 4 nitrogen and oxygen atoms in total. The third kappa shape index (κ3) is 3.80.